The number of nitrogens with one attached hydrogen (secondary N) is 1. The predicted octanol–water partition coefficient (Wildman–Crippen LogP) is 1.77. The molecule has 1 N–H and O–H groups in total. The molecule has 1 atom stereocenters. The summed E-state index contributed by atoms with van der Waals surface area (Å²) in [6.45, 7) is 8.21. The van der Waals surface area contributed by atoms with Gasteiger partial charge in [-0.3, -0.25) is 0 Å². The minimum atomic E-state index is 0.347. The van der Waals surface area contributed by atoms with Gasteiger partial charge in [0.1, 0.15) is 0 Å². The minimum absolute atomic E-state index is 0.347. The quantitative estimate of drug-likeness (QED) is 0.834. The molecular formula is C13H22N4O. The lowest BCUT2D eigenvalue weighted by Gasteiger charge is -2.21. The van der Waals surface area contributed by atoms with Gasteiger partial charge in [0.25, 0.3) is 0 Å². The molecule has 2 rings (SSSR count). The van der Waals surface area contributed by atoms with Gasteiger partial charge < -0.3 is 15.0 Å². The third-order valence-corrected chi connectivity index (χ3v) is 3.03. The van der Waals surface area contributed by atoms with Crippen LogP contribution in [-0.4, -0.2) is 47.2 Å². The fraction of sp³-hybridized carbons (Fsp3) is 0.692. The molecule has 1 aromatic rings. The average Bonchev–Trinajstić information content (AvgIpc) is 2.82. The second kappa shape index (κ2) is 6.54. The summed E-state index contributed by atoms with van der Waals surface area (Å²) in [5.41, 5.74) is 0. The first-order chi connectivity index (χ1) is 8.78. The molecule has 0 radical (unpaired) electrons. The number of aromatic nitrogens is 2. The molecule has 1 aliphatic heterocycles. The molecule has 1 aromatic heterocycles. The molecule has 1 saturated heterocycles. The van der Waals surface area contributed by atoms with Crippen LogP contribution in [0.3, 0.4) is 0 Å². The van der Waals surface area contributed by atoms with Crippen molar-refractivity contribution in [2.45, 2.75) is 32.7 Å². The van der Waals surface area contributed by atoms with E-state index in [2.05, 4.69) is 27.1 Å². The van der Waals surface area contributed by atoms with E-state index < -0.39 is 0 Å². The number of hydrogen-bond acceptors (Lipinski definition) is 5. The van der Waals surface area contributed by atoms with Crippen molar-refractivity contribution in [3.05, 3.63) is 12.3 Å². The predicted molar refractivity (Wildman–Crippen MR) is 72.0 cm³/mol. The van der Waals surface area contributed by atoms with E-state index in [1.54, 1.807) is 12.3 Å². The Morgan fingerprint density at radius 2 is 2.22 bits per heavy atom. The molecule has 2 heterocycles. The SMILES string of the molecule is CCOc1ccnc(NC(C)CN2CCCC2)n1. The molecule has 0 spiro atoms. The Morgan fingerprint density at radius 3 is 2.94 bits per heavy atom. The number of rotatable bonds is 6. The zero-order chi connectivity index (χ0) is 12.8. The van der Waals surface area contributed by atoms with Crippen LogP contribution in [0.2, 0.25) is 0 Å². The molecule has 0 aliphatic carbocycles. The lowest BCUT2D eigenvalue weighted by Crippen LogP contribution is -2.33. The van der Waals surface area contributed by atoms with Gasteiger partial charge in [0.15, 0.2) is 0 Å². The van der Waals surface area contributed by atoms with Gasteiger partial charge in [-0.15, -0.1) is 0 Å². The van der Waals surface area contributed by atoms with E-state index in [1.165, 1.54) is 25.9 Å². The van der Waals surface area contributed by atoms with E-state index >= 15 is 0 Å². The lowest BCUT2D eigenvalue weighted by atomic mass is 10.3. The first-order valence-corrected chi connectivity index (χ1v) is 6.72. The molecule has 5 heteroatoms. The summed E-state index contributed by atoms with van der Waals surface area (Å²) in [5.74, 6) is 1.27. The lowest BCUT2D eigenvalue weighted by molar-refractivity contribution is 0.323. The number of likely N-dealkylation sites (tertiary alicyclic amines) is 1. The monoisotopic (exact) mass is 250 g/mol. The van der Waals surface area contributed by atoms with E-state index in [9.17, 15) is 0 Å². The third-order valence-electron chi connectivity index (χ3n) is 3.03. The van der Waals surface area contributed by atoms with Crippen molar-refractivity contribution in [2.24, 2.45) is 0 Å². The highest BCUT2D eigenvalue weighted by Crippen LogP contribution is 2.11. The highest BCUT2D eigenvalue weighted by Gasteiger charge is 2.15. The molecule has 5 nitrogen and oxygen atoms in total. The largest absolute Gasteiger partial charge is 0.478 e. The summed E-state index contributed by atoms with van der Waals surface area (Å²) in [6, 6.07) is 2.12. The first kappa shape index (κ1) is 13.1. The second-order valence-corrected chi connectivity index (χ2v) is 4.70. The van der Waals surface area contributed by atoms with Crippen molar-refractivity contribution in [3.63, 3.8) is 0 Å². The van der Waals surface area contributed by atoms with Crippen LogP contribution < -0.4 is 10.1 Å². The zero-order valence-corrected chi connectivity index (χ0v) is 11.2. The van der Waals surface area contributed by atoms with E-state index in [1.807, 2.05) is 6.92 Å². The highest BCUT2D eigenvalue weighted by atomic mass is 16.5. The van der Waals surface area contributed by atoms with Crippen LogP contribution in [0.1, 0.15) is 26.7 Å². The fourth-order valence-electron chi connectivity index (χ4n) is 2.26. The van der Waals surface area contributed by atoms with E-state index in [-0.39, 0.29) is 0 Å². The van der Waals surface area contributed by atoms with Crippen molar-refractivity contribution in [2.75, 3.05) is 31.6 Å². The zero-order valence-electron chi connectivity index (χ0n) is 11.2. The summed E-state index contributed by atoms with van der Waals surface area (Å²) >= 11 is 0. The number of hydrogen-bond donors (Lipinski definition) is 1. The number of ether oxygens (including phenoxy) is 1. The van der Waals surface area contributed by atoms with Crippen molar-refractivity contribution in [1.29, 1.82) is 0 Å². The molecule has 0 saturated carbocycles. The Kier molecular flexibility index (Phi) is 4.75. The Balaban J connectivity index is 1.85. The van der Waals surface area contributed by atoms with Crippen LogP contribution in [0.4, 0.5) is 5.95 Å². The maximum atomic E-state index is 5.36. The van der Waals surface area contributed by atoms with Gasteiger partial charge >= 0.3 is 0 Å². The molecular weight excluding hydrogens is 228 g/mol. The van der Waals surface area contributed by atoms with E-state index in [4.69, 9.17) is 4.74 Å². The third kappa shape index (κ3) is 3.84. The van der Waals surface area contributed by atoms with Gasteiger partial charge in [0, 0.05) is 24.8 Å². The van der Waals surface area contributed by atoms with Crippen LogP contribution in [0, 0.1) is 0 Å². The van der Waals surface area contributed by atoms with Crippen LogP contribution in [-0.2, 0) is 0 Å². The van der Waals surface area contributed by atoms with Gasteiger partial charge in [-0.2, -0.15) is 4.98 Å². The summed E-state index contributed by atoms with van der Waals surface area (Å²) in [7, 11) is 0. The number of nitrogens with zero attached hydrogens (tertiary/aromatic N) is 3. The van der Waals surface area contributed by atoms with Crippen molar-refractivity contribution < 1.29 is 4.74 Å². The summed E-state index contributed by atoms with van der Waals surface area (Å²) in [5, 5.41) is 3.32. The molecule has 0 amide bonds. The molecule has 1 fully saturated rings. The summed E-state index contributed by atoms with van der Waals surface area (Å²) in [6.07, 6.45) is 4.37. The molecule has 1 aliphatic rings. The van der Waals surface area contributed by atoms with Crippen LogP contribution in [0.5, 0.6) is 5.88 Å². The van der Waals surface area contributed by atoms with Crippen molar-refractivity contribution >= 4 is 5.95 Å². The Morgan fingerprint density at radius 1 is 1.44 bits per heavy atom. The normalized spacial score (nSPS) is 17.7. The smallest absolute Gasteiger partial charge is 0.226 e. The minimum Gasteiger partial charge on any atom is -0.478 e. The molecule has 0 aromatic carbocycles. The molecule has 100 valence electrons. The van der Waals surface area contributed by atoms with Crippen LogP contribution >= 0.6 is 0 Å². The van der Waals surface area contributed by atoms with Crippen molar-refractivity contribution in [1.82, 2.24) is 14.9 Å². The van der Waals surface area contributed by atoms with Crippen molar-refractivity contribution in [3.8, 4) is 5.88 Å². The van der Waals surface area contributed by atoms with E-state index in [0.29, 0.717) is 24.5 Å². The van der Waals surface area contributed by atoms with Gasteiger partial charge in [-0.25, -0.2) is 4.98 Å². The summed E-state index contributed by atoms with van der Waals surface area (Å²) in [4.78, 5) is 11.0. The second-order valence-electron chi connectivity index (χ2n) is 4.70. The Labute approximate surface area is 109 Å². The number of anilines is 1. The van der Waals surface area contributed by atoms with Gasteiger partial charge in [0.05, 0.1) is 6.61 Å². The Bertz CT molecular complexity index is 366. The topological polar surface area (TPSA) is 50.3 Å². The fourth-order valence-corrected chi connectivity index (χ4v) is 2.26. The maximum absolute atomic E-state index is 5.36. The molecule has 18 heavy (non-hydrogen) atoms. The average molecular weight is 250 g/mol. The first-order valence-electron chi connectivity index (χ1n) is 6.72. The van der Waals surface area contributed by atoms with Crippen LogP contribution in [0.15, 0.2) is 12.3 Å². The molecule has 0 bridgehead atoms. The van der Waals surface area contributed by atoms with Gasteiger partial charge in [-0.1, -0.05) is 0 Å². The summed E-state index contributed by atoms with van der Waals surface area (Å²) < 4.78 is 5.36. The van der Waals surface area contributed by atoms with Crippen LogP contribution in [0.25, 0.3) is 0 Å². The Hall–Kier alpha value is -1.36. The molecule has 1 unspecified atom stereocenters. The van der Waals surface area contributed by atoms with Gasteiger partial charge in [0.2, 0.25) is 11.8 Å². The van der Waals surface area contributed by atoms with Gasteiger partial charge in [-0.05, 0) is 39.8 Å². The standard InChI is InChI=1S/C13H22N4O/c1-3-18-12-6-7-14-13(16-12)15-11(2)10-17-8-4-5-9-17/h6-7,11H,3-5,8-10H2,1-2H3,(H,14,15,16). The highest BCUT2D eigenvalue weighted by molar-refractivity contribution is 5.28. The maximum Gasteiger partial charge on any atom is 0.226 e. The van der Waals surface area contributed by atoms with E-state index in [0.717, 1.165) is 6.54 Å².